The van der Waals surface area contributed by atoms with Gasteiger partial charge >= 0.3 is 5.97 Å². The normalized spacial score (nSPS) is 10.9. The number of hydrogen-bond donors (Lipinski definition) is 1. The minimum atomic E-state index is -0.247. The van der Waals surface area contributed by atoms with Crippen molar-refractivity contribution in [1.29, 1.82) is 0 Å². The highest BCUT2D eigenvalue weighted by atomic mass is 16.5. The summed E-state index contributed by atoms with van der Waals surface area (Å²) in [4.78, 5) is 22.4. The first-order valence-electron chi connectivity index (χ1n) is 10.9. The molecule has 156 valence electrons. The fourth-order valence-electron chi connectivity index (χ4n) is 2.82. The van der Waals surface area contributed by atoms with Crippen LogP contribution in [0.4, 0.5) is 0 Å². The number of ether oxygens (including phenoxy) is 1. The van der Waals surface area contributed by atoms with Crippen molar-refractivity contribution in [1.82, 2.24) is 5.32 Å². The van der Waals surface area contributed by atoms with Crippen molar-refractivity contribution in [2.45, 2.75) is 96.8 Å². The van der Waals surface area contributed by atoms with Gasteiger partial charge in [-0.2, -0.15) is 0 Å². The predicted molar refractivity (Wildman–Crippen MR) is 114 cm³/mol. The standard InChI is InChI=1S/C23H41NO3/c1-3-5-6-7-8-9-10-11-12-13-14-15-16-17-18-19-23(26)27-21-20-24-22(25)4-2/h4,11-12H,2-3,5-10,13-21H2,1H3,(H,24,25)/b12-11-. The van der Waals surface area contributed by atoms with Gasteiger partial charge in [0.05, 0.1) is 6.54 Å². The number of carbonyl (C=O) groups is 2. The zero-order valence-electron chi connectivity index (χ0n) is 17.5. The molecule has 1 N–H and O–H groups in total. The van der Waals surface area contributed by atoms with Crippen LogP contribution in [0, 0.1) is 0 Å². The number of allylic oxidation sites excluding steroid dienone is 2. The summed E-state index contributed by atoms with van der Waals surface area (Å²) in [5.74, 6) is -0.427. The Morgan fingerprint density at radius 1 is 0.852 bits per heavy atom. The Bertz CT molecular complexity index is 404. The third kappa shape index (κ3) is 20.6. The third-order valence-electron chi connectivity index (χ3n) is 4.49. The topological polar surface area (TPSA) is 55.4 Å². The average Bonchev–Trinajstić information content (AvgIpc) is 2.68. The first kappa shape index (κ1) is 25.4. The van der Waals surface area contributed by atoms with Crippen LogP contribution in [0.2, 0.25) is 0 Å². The number of carbonyl (C=O) groups excluding carboxylic acids is 2. The number of esters is 1. The first-order chi connectivity index (χ1) is 13.2. The second kappa shape index (κ2) is 20.7. The maximum absolute atomic E-state index is 11.5. The number of nitrogens with one attached hydrogen (secondary N) is 1. The molecular weight excluding hydrogens is 338 g/mol. The molecule has 0 aromatic rings. The van der Waals surface area contributed by atoms with E-state index in [0.29, 0.717) is 13.0 Å². The Balaban J connectivity index is 3.25. The largest absolute Gasteiger partial charge is 0.464 e. The minimum Gasteiger partial charge on any atom is -0.464 e. The van der Waals surface area contributed by atoms with Gasteiger partial charge in [-0.3, -0.25) is 9.59 Å². The molecule has 0 saturated heterocycles. The molecule has 0 aliphatic carbocycles. The summed E-state index contributed by atoms with van der Waals surface area (Å²) in [6.45, 7) is 6.17. The van der Waals surface area contributed by atoms with Crippen molar-refractivity contribution >= 4 is 11.9 Å². The maximum atomic E-state index is 11.5. The van der Waals surface area contributed by atoms with Crippen molar-refractivity contribution in [3.8, 4) is 0 Å². The van der Waals surface area contributed by atoms with Gasteiger partial charge in [0.2, 0.25) is 5.91 Å². The van der Waals surface area contributed by atoms with Crippen molar-refractivity contribution in [2.75, 3.05) is 13.2 Å². The molecule has 0 spiro atoms. The number of hydrogen-bond acceptors (Lipinski definition) is 3. The molecule has 0 unspecified atom stereocenters. The monoisotopic (exact) mass is 379 g/mol. The molecule has 0 saturated carbocycles. The lowest BCUT2D eigenvalue weighted by molar-refractivity contribution is -0.143. The van der Waals surface area contributed by atoms with E-state index in [1.807, 2.05) is 0 Å². The van der Waals surface area contributed by atoms with E-state index in [0.717, 1.165) is 12.8 Å². The summed E-state index contributed by atoms with van der Waals surface area (Å²) in [5, 5.41) is 2.57. The third-order valence-corrected chi connectivity index (χ3v) is 4.49. The zero-order valence-corrected chi connectivity index (χ0v) is 17.5. The molecule has 0 bridgehead atoms. The Labute approximate surface area is 166 Å². The smallest absolute Gasteiger partial charge is 0.305 e. The van der Waals surface area contributed by atoms with Gasteiger partial charge in [0, 0.05) is 6.42 Å². The Kier molecular flexibility index (Phi) is 19.5. The van der Waals surface area contributed by atoms with Crippen LogP contribution in [0.1, 0.15) is 96.8 Å². The van der Waals surface area contributed by atoms with Gasteiger partial charge in [0.1, 0.15) is 6.61 Å². The first-order valence-corrected chi connectivity index (χ1v) is 10.9. The van der Waals surface area contributed by atoms with E-state index in [4.69, 9.17) is 4.74 Å². The highest BCUT2D eigenvalue weighted by molar-refractivity contribution is 5.86. The highest BCUT2D eigenvalue weighted by Gasteiger charge is 2.02. The Morgan fingerprint density at radius 2 is 1.41 bits per heavy atom. The number of amides is 1. The molecule has 1 amide bonds. The summed E-state index contributed by atoms with van der Waals surface area (Å²) < 4.78 is 5.06. The maximum Gasteiger partial charge on any atom is 0.305 e. The van der Waals surface area contributed by atoms with Gasteiger partial charge in [0.25, 0.3) is 0 Å². The minimum absolute atomic E-state index is 0.180. The summed E-state index contributed by atoms with van der Waals surface area (Å²) in [6, 6.07) is 0. The summed E-state index contributed by atoms with van der Waals surface area (Å²) >= 11 is 0. The van der Waals surface area contributed by atoms with Crippen molar-refractivity contribution in [2.24, 2.45) is 0 Å². The average molecular weight is 380 g/mol. The molecule has 0 aromatic carbocycles. The second-order valence-corrected chi connectivity index (χ2v) is 7.05. The van der Waals surface area contributed by atoms with Crippen molar-refractivity contribution in [3.63, 3.8) is 0 Å². The lowest BCUT2D eigenvalue weighted by Crippen LogP contribution is -2.26. The Morgan fingerprint density at radius 3 is 2.00 bits per heavy atom. The van der Waals surface area contributed by atoms with Crippen LogP contribution in [-0.2, 0) is 14.3 Å². The van der Waals surface area contributed by atoms with Crippen LogP contribution >= 0.6 is 0 Å². The SMILES string of the molecule is C=CC(=O)NCCOC(=O)CCCCCCC/C=C\CCCCCCCC. The van der Waals surface area contributed by atoms with Crippen molar-refractivity contribution in [3.05, 3.63) is 24.8 Å². The fourth-order valence-corrected chi connectivity index (χ4v) is 2.82. The molecule has 0 aliphatic heterocycles. The predicted octanol–water partition coefficient (Wildman–Crippen LogP) is 5.87. The second-order valence-electron chi connectivity index (χ2n) is 7.05. The highest BCUT2D eigenvalue weighted by Crippen LogP contribution is 2.10. The molecule has 0 heterocycles. The van der Waals surface area contributed by atoms with Crippen LogP contribution in [0.15, 0.2) is 24.8 Å². The molecule has 0 aliphatic rings. The van der Waals surface area contributed by atoms with E-state index in [9.17, 15) is 9.59 Å². The Hall–Kier alpha value is -1.58. The molecule has 4 nitrogen and oxygen atoms in total. The molecule has 4 heteroatoms. The molecule has 0 radical (unpaired) electrons. The number of unbranched alkanes of at least 4 members (excludes halogenated alkanes) is 11. The summed E-state index contributed by atoms with van der Waals surface area (Å²) in [5.41, 5.74) is 0. The van der Waals surface area contributed by atoms with Gasteiger partial charge in [-0.05, 0) is 38.2 Å². The molecule has 0 atom stereocenters. The quantitative estimate of drug-likeness (QED) is 0.132. The lowest BCUT2D eigenvalue weighted by atomic mass is 10.1. The van der Waals surface area contributed by atoms with Crippen LogP contribution in [0.3, 0.4) is 0 Å². The van der Waals surface area contributed by atoms with E-state index in [1.54, 1.807) is 0 Å². The zero-order chi connectivity index (χ0) is 20.0. The fraction of sp³-hybridized carbons (Fsp3) is 0.739. The molecule has 0 rings (SSSR count). The van der Waals surface area contributed by atoms with Gasteiger partial charge in [-0.25, -0.2) is 0 Å². The molecule has 0 fully saturated rings. The molecule has 27 heavy (non-hydrogen) atoms. The molecular formula is C23H41NO3. The van der Waals surface area contributed by atoms with Gasteiger partial charge in [-0.15, -0.1) is 0 Å². The van der Waals surface area contributed by atoms with Crippen LogP contribution in [-0.4, -0.2) is 25.0 Å². The van der Waals surface area contributed by atoms with E-state index in [1.165, 1.54) is 76.7 Å². The number of rotatable bonds is 19. The van der Waals surface area contributed by atoms with Crippen LogP contribution in [0.25, 0.3) is 0 Å². The van der Waals surface area contributed by atoms with Crippen molar-refractivity contribution < 1.29 is 14.3 Å². The van der Waals surface area contributed by atoms with E-state index >= 15 is 0 Å². The molecule has 0 aromatic heterocycles. The van der Waals surface area contributed by atoms with E-state index in [2.05, 4.69) is 31.0 Å². The summed E-state index contributed by atoms with van der Waals surface area (Å²) in [7, 11) is 0. The van der Waals surface area contributed by atoms with Gasteiger partial charge in [0.15, 0.2) is 0 Å². The van der Waals surface area contributed by atoms with Gasteiger partial charge in [-0.1, -0.05) is 77.0 Å². The summed E-state index contributed by atoms with van der Waals surface area (Å²) in [6.07, 6.45) is 22.5. The van der Waals surface area contributed by atoms with Crippen LogP contribution < -0.4 is 5.32 Å². The lowest BCUT2D eigenvalue weighted by Gasteiger charge is -2.05. The van der Waals surface area contributed by atoms with Crippen LogP contribution in [0.5, 0.6) is 0 Å². The van der Waals surface area contributed by atoms with E-state index in [-0.39, 0.29) is 18.5 Å². The van der Waals surface area contributed by atoms with Gasteiger partial charge < -0.3 is 10.1 Å². The van der Waals surface area contributed by atoms with E-state index < -0.39 is 0 Å².